The van der Waals surface area contributed by atoms with Crippen LogP contribution in [0.3, 0.4) is 0 Å². The van der Waals surface area contributed by atoms with Crippen LogP contribution in [0.2, 0.25) is 0 Å². The Kier molecular flexibility index (Phi) is 5.45. The first-order valence-electron chi connectivity index (χ1n) is 9.78. The molecule has 1 unspecified atom stereocenters. The number of fused-ring (bicyclic) bond motifs is 1. The zero-order chi connectivity index (χ0) is 18.6. The third-order valence-corrected chi connectivity index (χ3v) is 5.29. The summed E-state index contributed by atoms with van der Waals surface area (Å²) in [5, 5.41) is 3.45. The van der Waals surface area contributed by atoms with Crippen molar-refractivity contribution < 1.29 is 9.53 Å². The topological polar surface area (TPSA) is 67.3 Å². The molecule has 1 aromatic carbocycles. The number of hydrogen-bond donors (Lipinski definition) is 1. The summed E-state index contributed by atoms with van der Waals surface area (Å²) in [6.07, 6.45) is 4.97. The van der Waals surface area contributed by atoms with Gasteiger partial charge in [-0.2, -0.15) is 0 Å². The standard InChI is InChI=1S/C21H26N4O2/c1-2-27-14-15-5-7-16(8-6-15)21(26)25-11-9-18-17(13-25)12-23-20(24-18)19-4-3-10-22-19/h5-8,12,19,22H,2-4,9-11,13-14H2,1H3. The Hall–Kier alpha value is -2.31. The van der Waals surface area contributed by atoms with Gasteiger partial charge in [-0.05, 0) is 44.0 Å². The van der Waals surface area contributed by atoms with Crippen LogP contribution < -0.4 is 5.32 Å². The molecule has 3 heterocycles. The number of carbonyl (C=O) groups excluding carboxylic acids is 1. The molecule has 0 aliphatic carbocycles. The molecule has 0 saturated carbocycles. The Balaban J connectivity index is 1.43. The van der Waals surface area contributed by atoms with E-state index in [1.165, 1.54) is 6.42 Å². The fourth-order valence-corrected chi connectivity index (χ4v) is 3.72. The number of hydrogen-bond acceptors (Lipinski definition) is 5. The van der Waals surface area contributed by atoms with Crippen LogP contribution in [0.15, 0.2) is 30.5 Å². The number of amides is 1. The van der Waals surface area contributed by atoms with Crippen LogP contribution in [0.25, 0.3) is 0 Å². The fraction of sp³-hybridized carbons (Fsp3) is 0.476. The minimum absolute atomic E-state index is 0.0603. The van der Waals surface area contributed by atoms with Gasteiger partial charge < -0.3 is 15.0 Å². The van der Waals surface area contributed by atoms with E-state index in [1.807, 2.05) is 42.3 Å². The van der Waals surface area contributed by atoms with Crippen molar-refractivity contribution in [2.24, 2.45) is 0 Å². The lowest BCUT2D eigenvalue weighted by Crippen LogP contribution is -2.36. The normalized spacial score (nSPS) is 19.1. The van der Waals surface area contributed by atoms with Crippen molar-refractivity contribution in [3.05, 3.63) is 58.7 Å². The van der Waals surface area contributed by atoms with E-state index in [-0.39, 0.29) is 11.9 Å². The highest BCUT2D eigenvalue weighted by atomic mass is 16.5. The number of ether oxygens (including phenoxy) is 1. The van der Waals surface area contributed by atoms with Crippen LogP contribution in [-0.2, 0) is 24.3 Å². The van der Waals surface area contributed by atoms with E-state index >= 15 is 0 Å². The molecule has 1 atom stereocenters. The molecular formula is C21H26N4O2. The predicted octanol–water partition coefficient (Wildman–Crippen LogP) is 2.64. The van der Waals surface area contributed by atoms with E-state index in [4.69, 9.17) is 9.72 Å². The van der Waals surface area contributed by atoms with E-state index in [1.54, 1.807) is 0 Å². The van der Waals surface area contributed by atoms with Gasteiger partial charge in [-0.1, -0.05) is 12.1 Å². The maximum Gasteiger partial charge on any atom is 0.254 e. The average molecular weight is 366 g/mol. The SMILES string of the molecule is CCOCc1ccc(C(=O)N2CCc3nc(C4CCCN4)ncc3C2)cc1. The molecule has 142 valence electrons. The minimum Gasteiger partial charge on any atom is -0.377 e. The highest BCUT2D eigenvalue weighted by Gasteiger charge is 2.25. The lowest BCUT2D eigenvalue weighted by atomic mass is 10.0. The summed E-state index contributed by atoms with van der Waals surface area (Å²) in [5.74, 6) is 0.959. The third-order valence-electron chi connectivity index (χ3n) is 5.29. The second-order valence-corrected chi connectivity index (χ2v) is 7.16. The molecular weight excluding hydrogens is 340 g/mol. The molecule has 2 aliphatic rings. The van der Waals surface area contributed by atoms with Crippen molar-refractivity contribution in [2.45, 2.75) is 45.4 Å². The molecule has 1 fully saturated rings. The summed E-state index contributed by atoms with van der Waals surface area (Å²) >= 11 is 0. The smallest absolute Gasteiger partial charge is 0.254 e. The molecule has 1 saturated heterocycles. The van der Waals surface area contributed by atoms with Crippen molar-refractivity contribution in [3.8, 4) is 0 Å². The highest BCUT2D eigenvalue weighted by Crippen LogP contribution is 2.24. The Bertz CT molecular complexity index is 800. The second kappa shape index (κ2) is 8.15. The van der Waals surface area contributed by atoms with Crippen molar-refractivity contribution in [1.82, 2.24) is 20.2 Å². The first-order chi connectivity index (χ1) is 13.2. The third kappa shape index (κ3) is 4.01. The van der Waals surface area contributed by atoms with E-state index in [0.717, 1.165) is 42.0 Å². The average Bonchev–Trinajstić information content (AvgIpc) is 3.26. The number of nitrogens with zero attached hydrogens (tertiary/aromatic N) is 3. The number of carbonyl (C=O) groups is 1. The van der Waals surface area contributed by atoms with Crippen LogP contribution in [0.5, 0.6) is 0 Å². The van der Waals surface area contributed by atoms with Gasteiger partial charge in [-0.15, -0.1) is 0 Å². The summed E-state index contributed by atoms with van der Waals surface area (Å²) in [6, 6.07) is 7.98. The van der Waals surface area contributed by atoms with Crippen LogP contribution in [0.4, 0.5) is 0 Å². The summed E-state index contributed by atoms with van der Waals surface area (Å²) in [6.45, 7) is 5.56. The molecule has 1 N–H and O–H groups in total. The number of benzene rings is 1. The molecule has 1 aromatic heterocycles. The molecule has 4 rings (SSSR count). The Morgan fingerprint density at radius 1 is 1.33 bits per heavy atom. The minimum atomic E-state index is 0.0603. The van der Waals surface area contributed by atoms with E-state index in [0.29, 0.717) is 31.9 Å². The van der Waals surface area contributed by atoms with Gasteiger partial charge in [0.25, 0.3) is 5.91 Å². The maximum absolute atomic E-state index is 12.9. The van der Waals surface area contributed by atoms with Gasteiger partial charge in [0.15, 0.2) is 0 Å². The van der Waals surface area contributed by atoms with Gasteiger partial charge in [0.1, 0.15) is 5.82 Å². The summed E-state index contributed by atoms with van der Waals surface area (Å²) in [4.78, 5) is 24.1. The monoisotopic (exact) mass is 366 g/mol. The molecule has 0 spiro atoms. The number of rotatable bonds is 5. The Morgan fingerprint density at radius 3 is 2.93 bits per heavy atom. The van der Waals surface area contributed by atoms with Crippen molar-refractivity contribution in [2.75, 3.05) is 19.7 Å². The number of aromatic nitrogens is 2. The second-order valence-electron chi connectivity index (χ2n) is 7.16. The number of nitrogens with one attached hydrogen (secondary N) is 1. The molecule has 6 heteroatoms. The molecule has 0 bridgehead atoms. The van der Waals surface area contributed by atoms with Gasteiger partial charge in [0.05, 0.1) is 18.3 Å². The highest BCUT2D eigenvalue weighted by molar-refractivity contribution is 5.94. The van der Waals surface area contributed by atoms with E-state index in [2.05, 4.69) is 10.3 Å². The molecule has 2 aliphatic heterocycles. The van der Waals surface area contributed by atoms with Gasteiger partial charge >= 0.3 is 0 Å². The largest absolute Gasteiger partial charge is 0.377 e. The Labute approximate surface area is 160 Å². The summed E-state index contributed by atoms with van der Waals surface area (Å²) in [5.41, 5.74) is 3.94. The molecule has 6 nitrogen and oxygen atoms in total. The maximum atomic E-state index is 12.9. The van der Waals surface area contributed by atoms with Crippen LogP contribution >= 0.6 is 0 Å². The first kappa shape index (κ1) is 18.1. The summed E-state index contributed by atoms with van der Waals surface area (Å²) < 4.78 is 5.41. The van der Waals surface area contributed by atoms with Gasteiger partial charge in [-0.3, -0.25) is 4.79 Å². The lowest BCUT2D eigenvalue weighted by Gasteiger charge is -2.28. The first-order valence-corrected chi connectivity index (χ1v) is 9.78. The van der Waals surface area contributed by atoms with Gasteiger partial charge in [-0.25, -0.2) is 9.97 Å². The van der Waals surface area contributed by atoms with Crippen LogP contribution in [0, 0.1) is 0 Å². The zero-order valence-corrected chi connectivity index (χ0v) is 15.8. The molecule has 0 radical (unpaired) electrons. The quantitative estimate of drug-likeness (QED) is 0.881. The van der Waals surface area contributed by atoms with Gasteiger partial charge in [0, 0.05) is 43.4 Å². The lowest BCUT2D eigenvalue weighted by molar-refractivity contribution is 0.0733. The Morgan fingerprint density at radius 2 is 2.19 bits per heavy atom. The molecule has 1 amide bonds. The van der Waals surface area contributed by atoms with Crippen molar-refractivity contribution >= 4 is 5.91 Å². The van der Waals surface area contributed by atoms with E-state index < -0.39 is 0 Å². The van der Waals surface area contributed by atoms with E-state index in [9.17, 15) is 4.79 Å². The van der Waals surface area contributed by atoms with Gasteiger partial charge in [0.2, 0.25) is 0 Å². The van der Waals surface area contributed by atoms with Crippen LogP contribution in [0.1, 0.15) is 58.8 Å². The van der Waals surface area contributed by atoms with Crippen molar-refractivity contribution in [1.29, 1.82) is 0 Å². The zero-order valence-electron chi connectivity index (χ0n) is 15.8. The summed E-state index contributed by atoms with van der Waals surface area (Å²) in [7, 11) is 0. The van der Waals surface area contributed by atoms with Crippen LogP contribution in [-0.4, -0.2) is 40.5 Å². The predicted molar refractivity (Wildman–Crippen MR) is 102 cm³/mol. The molecule has 2 aromatic rings. The molecule has 27 heavy (non-hydrogen) atoms. The van der Waals surface area contributed by atoms with Crippen molar-refractivity contribution in [3.63, 3.8) is 0 Å². The fourth-order valence-electron chi connectivity index (χ4n) is 3.72.